The minimum Gasteiger partial charge on any atom is -0.342 e. The first-order valence-corrected chi connectivity index (χ1v) is 7.83. The van der Waals surface area contributed by atoms with Crippen molar-refractivity contribution in [2.75, 3.05) is 32.7 Å². The van der Waals surface area contributed by atoms with Crippen LogP contribution in [0.5, 0.6) is 0 Å². The van der Waals surface area contributed by atoms with Crippen molar-refractivity contribution < 1.29 is 0 Å². The van der Waals surface area contributed by atoms with Gasteiger partial charge in [-0.05, 0) is 12.1 Å². The summed E-state index contributed by atoms with van der Waals surface area (Å²) in [5.41, 5.74) is 2.25. The Labute approximate surface area is 127 Å². The Balaban J connectivity index is 1.61. The molecule has 0 radical (unpaired) electrons. The lowest BCUT2D eigenvalue weighted by atomic mass is 10.2. The van der Waals surface area contributed by atoms with Crippen LogP contribution >= 0.6 is 15.9 Å². The predicted octanol–water partition coefficient (Wildman–Crippen LogP) is 2.29. The van der Waals surface area contributed by atoms with Crippen LogP contribution in [0.2, 0.25) is 0 Å². The molecule has 5 heteroatoms. The molecular formula is C15H19BrN4. The Morgan fingerprint density at radius 1 is 1.25 bits per heavy atom. The third-order valence-electron chi connectivity index (χ3n) is 3.64. The fourth-order valence-electron chi connectivity index (χ4n) is 2.49. The Morgan fingerprint density at radius 2 is 2.10 bits per heavy atom. The first-order chi connectivity index (χ1) is 9.81. The van der Waals surface area contributed by atoms with E-state index >= 15 is 0 Å². The fourth-order valence-corrected chi connectivity index (χ4v) is 2.89. The molecule has 3 rings (SSSR count). The van der Waals surface area contributed by atoms with E-state index in [2.05, 4.69) is 48.2 Å². The molecule has 4 nitrogen and oxygen atoms in total. The van der Waals surface area contributed by atoms with Gasteiger partial charge in [0.15, 0.2) is 0 Å². The fraction of sp³-hybridized carbons (Fsp3) is 0.400. The second kappa shape index (κ2) is 6.52. The Hall–Kier alpha value is -1.17. The highest BCUT2D eigenvalue weighted by molar-refractivity contribution is 9.10. The van der Waals surface area contributed by atoms with Crippen molar-refractivity contribution in [2.45, 2.75) is 6.42 Å². The van der Waals surface area contributed by atoms with Crippen molar-refractivity contribution in [3.8, 4) is 11.3 Å². The van der Waals surface area contributed by atoms with Gasteiger partial charge in [-0.25, -0.2) is 4.98 Å². The van der Waals surface area contributed by atoms with E-state index in [0.717, 1.165) is 55.1 Å². The molecule has 0 saturated carbocycles. The summed E-state index contributed by atoms with van der Waals surface area (Å²) in [4.78, 5) is 10.4. The number of nitrogens with zero attached hydrogens (tertiary/aromatic N) is 2. The topological polar surface area (TPSA) is 44.0 Å². The van der Waals surface area contributed by atoms with Gasteiger partial charge in [-0.2, -0.15) is 0 Å². The number of H-pyrrole nitrogens is 1. The van der Waals surface area contributed by atoms with Crippen LogP contribution in [0.25, 0.3) is 11.3 Å². The zero-order valence-corrected chi connectivity index (χ0v) is 13.0. The third kappa shape index (κ3) is 3.48. The first-order valence-electron chi connectivity index (χ1n) is 7.04. The third-order valence-corrected chi connectivity index (χ3v) is 4.13. The molecule has 0 atom stereocenters. The van der Waals surface area contributed by atoms with E-state index in [-0.39, 0.29) is 0 Å². The molecule has 20 heavy (non-hydrogen) atoms. The Bertz CT molecular complexity index is 561. The van der Waals surface area contributed by atoms with E-state index in [1.54, 1.807) is 0 Å². The summed E-state index contributed by atoms with van der Waals surface area (Å²) >= 11 is 3.50. The number of nitrogens with one attached hydrogen (secondary N) is 2. The summed E-state index contributed by atoms with van der Waals surface area (Å²) in [5.74, 6) is 1.07. The molecule has 2 aromatic rings. The molecule has 1 saturated heterocycles. The van der Waals surface area contributed by atoms with Crippen molar-refractivity contribution in [1.82, 2.24) is 20.2 Å². The maximum atomic E-state index is 4.49. The van der Waals surface area contributed by atoms with Gasteiger partial charge in [0.2, 0.25) is 0 Å². The number of rotatable bonds is 4. The average Bonchev–Trinajstić information content (AvgIpc) is 2.95. The molecule has 0 amide bonds. The average molecular weight is 335 g/mol. The zero-order chi connectivity index (χ0) is 13.8. The summed E-state index contributed by atoms with van der Waals surface area (Å²) in [6.07, 6.45) is 2.91. The van der Waals surface area contributed by atoms with E-state index in [0.29, 0.717) is 0 Å². The predicted molar refractivity (Wildman–Crippen MR) is 84.7 cm³/mol. The maximum Gasteiger partial charge on any atom is 0.107 e. The van der Waals surface area contributed by atoms with Gasteiger partial charge >= 0.3 is 0 Å². The lowest BCUT2D eigenvalue weighted by Crippen LogP contribution is -2.44. The summed E-state index contributed by atoms with van der Waals surface area (Å²) in [5, 5.41) is 3.37. The Kier molecular flexibility index (Phi) is 4.50. The monoisotopic (exact) mass is 334 g/mol. The molecule has 1 aliphatic heterocycles. The van der Waals surface area contributed by atoms with Crippen LogP contribution in [0.4, 0.5) is 0 Å². The second-order valence-corrected chi connectivity index (χ2v) is 6.01. The van der Waals surface area contributed by atoms with E-state index in [1.165, 1.54) is 5.56 Å². The van der Waals surface area contributed by atoms with Gasteiger partial charge < -0.3 is 15.2 Å². The van der Waals surface area contributed by atoms with Crippen molar-refractivity contribution >= 4 is 15.9 Å². The Morgan fingerprint density at radius 3 is 2.90 bits per heavy atom. The first kappa shape index (κ1) is 13.8. The SMILES string of the molecule is Brc1cccc(-c2cnc(CCN3CCNCC3)[nH]2)c1. The molecule has 0 bridgehead atoms. The molecule has 1 fully saturated rings. The minimum atomic E-state index is 0.980. The number of hydrogen-bond donors (Lipinski definition) is 2. The molecule has 0 spiro atoms. The van der Waals surface area contributed by atoms with Crippen molar-refractivity contribution in [2.24, 2.45) is 0 Å². The van der Waals surface area contributed by atoms with Crippen molar-refractivity contribution in [3.63, 3.8) is 0 Å². The molecule has 2 N–H and O–H groups in total. The normalized spacial score (nSPS) is 16.4. The van der Waals surface area contributed by atoms with Crippen LogP contribution in [0.3, 0.4) is 0 Å². The zero-order valence-electron chi connectivity index (χ0n) is 11.4. The number of piperazine rings is 1. The summed E-state index contributed by atoms with van der Waals surface area (Å²) < 4.78 is 1.09. The molecular weight excluding hydrogens is 316 g/mol. The number of aromatic nitrogens is 2. The van der Waals surface area contributed by atoms with E-state index < -0.39 is 0 Å². The molecule has 1 aromatic carbocycles. The van der Waals surface area contributed by atoms with Crippen LogP contribution in [0.1, 0.15) is 5.82 Å². The maximum absolute atomic E-state index is 4.49. The van der Waals surface area contributed by atoms with Crippen LogP contribution < -0.4 is 5.32 Å². The number of hydrogen-bond acceptors (Lipinski definition) is 3. The lowest BCUT2D eigenvalue weighted by molar-refractivity contribution is 0.242. The van der Waals surface area contributed by atoms with Gasteiger partial charge in [0.25, 0.3) is 0 Å². The van der Waals surface area contributed by atoms with Crippen LogP contribution in [-0.2, 0) is 6.42 Å². The minimum absolute atomic E-state index is 0.980. The van der Waals surface area contributed by atoms with Crippen molar-refractivity contribution in [1.29, 1.82) is 0 Å². The summed E-state index contributed by atoms with van der Waals surface area (Å²) in [6.45, 7) is 5.55. The van der Waals surface area contributed by atoms with E-state index in [1.807, 2.05) is 18.3 Å². The van der Waals surface area contributed by atoms with Gasteiger partial charge in [-0.15, -0.1) is 0 Å². The second-order valence-electron chi connectivity index (χ2n) is 5.10. The quantitative estimate of drug-likeness (QED) is 0.901. The van der Waals surface area contributed by atoms with Crippen molar-refractivity contribution in [3.05, 3.63) is 40.8 Å². The van der Waals surface area contributed by atoms with Crippen LogP contribution in [0, 0.1) is 0 Å². The van der Waals surface area contributed by atoms with Crippen LogP contribution in [0.15, 0.2) is 34.9 Å². The number of aromatic amines is 1. The highest BCUT2D eigenvalue weighted by atomic mass is 79.9. The molecule has 2 heterocycles. The van der Waals surface area contributed by atoms with Gasteiger partial charge in [0.05, 0.1) is 11.9 Å². The molecule has 0 aliphatic carbocycles. The standard InChI is InChI=1S/C15H19BrN4/c16-13-3-1-2-12(10-13)14-11-18-15(19-14)4-7-20-8-5-17-6-9-20/h1-3,10-11,17H,4-9H2,(H,18,19). The largest absolute Gasteiger partial charge is 0.342 e. The van der Waals surface area contributed by atoms with Gasteiger partial charge in [0.1, 0.15) is 5.82 Å². The van der Waals surface area contributed by atoms with E-state index in [9.17, 15) is 0 Å². The van der Waals surface area contributed by atoms with Gasteiger partial charge in [-0.3, -0.25) is 0 Å². The smallest absolute Gasteiger partial charge is 0.107 e. The number of benzene rings is 1. The lowest BCUT2D eigenvalue weighted by Gasteiger charge is -2.26. The number of imidazole rings is 1. The molecule has 106 valence electrons. The highest BCUT2D eigenvalue weighted by Gasteiger charge is 2.10. The molecule has 0 unspecified atom stereocenters. The number of halogens is 1. The summed E-state index contributed by atoms with van der Waals surface area (Å²) in [6, 6.07) is 8.28. The van der Waals surface area contributed by atoms with E-state index in [4.69, 9.17) is 0 Å². The molecule has 1 aromatic heterocycles. The van der Waals surface area contributed by atoms with Crippen LogP contribution in [-0.4, -0.2) is 47.6 Å². The molecule has 1 aliphatic rings. The van der Waals surface area contributed by atoms with Gasteiger partial charge in [-0.1, -0.05) is 28.1 Å². The van der Waals surface area contributed by atoms with Gasteiger partial charge in [0, 0.05) is 49.2 Å². The highest BCUT2D eigenvalue weighted by Crippen LogP contribution is 2.21. The summed E-state index contributed by atoms with van der Waals surface area (Å²) in [7, 11) is 0.